The maximum absolute atomic E-state index is 13.0. The number of rotatable bonds is 5. The van der Waals surface area contributed by atoms with E-state index in [-0.39, 0.29) is 18.1 Å². The molecule has 0 fully saturated rings. The lowest BCUT2D eigenvalue weighted by Gasteiger charge is -2.03. The van der Waals surface area contributed by atoms with Gasteiger partial charge in [0.2, 0.25) is 17.6 Å². The summed E-state index contributed by atoms with van der Waals surface area (Å²) in [6.07, 6.45) is 0.534. The molecule has 6 nitrogen and oxygen atoms in total. The van der Waals surface area contributed by atoms with Crippen molar-refractivity contribution in [2.24, 2.45) is 0 Å². The fourth-order valence-electron chi connectivity index (χ4n) is 2.63. The first-order valence-corrected chi connectivity index (χ1v) is 9.14. The Bertz CT molecular complexity index is 1100. The average molecular weight is 382 g/mol. The van der Waals surface area contributed by atoms with Crippen LogP contribution in [0.4, 0.5) is 10.1 Å². The molecule has 2 aromatic heterocycles. The van der Waals surface area contributed by atoms with Crippen molar-refractivity contribution in [1.29, 1.82) is 0 Å². The Morgan fingerprint density at radius 2 is 2.00 bits per heavy atom. The van der Waals surface area contributed by atoms with E-state index in [1.807, 2.05) is 25.1 Å². The molecular formula is C19H15FN4O2S. The van der Waals surface area contributed by atoms with E-state index in [1.165, 1.54) is 12.1 Å². The van der Waals surface area contributed by atoms with Gasteiger partial charge in [-0.3, -0.25) is 4.79 Å². The number of benzene rings is 2. The fourth-order valence-corrected chi connectivity index (χ4v) is 3.50. The van der Waals surface area contributed by atoms with Gasteiger partial charge in [-0.15, -0.1) is 11.3 Å². The maximum atomic E-state index is 13.0. The number of halogens is 1. The minimum atomic E-state index is -0.328. The molecule has 1 N–H and O–H groups in total. The highest BCUT2D eigenvalue weighted by molar-refractivity contribution is 7.18. The standard InChI is InChI=1S/C19H15FN4O2S/c1-11-21-15-7-6-14(10-16(15)27-11)22-17(25)8-9-18-23-19(24-26-18)12-2-4-13(20)5-3-12/h2-7,10H,8-9H2,1H3,(H,22,25). The SMILES string of the molecule is Cc1nc2ccc(NC(=O)CCc3nc(-c4ccc(F)cc4)no3)cc2s1. The van der Waals surface area contributed by atoms with E-state index in [0.29, 0.717) is 23.7 Å². The number of carbonyl (C=O) groups excluding carboxylic acids is 1. The van der Waals surface area contributed by atoms with E-state index in [0.717, 1.165) is 20.9 Å². The van der Waals surface area contributed by atoms with Gasteiger partial charge in [0.1, 0.15) is 5.82 Å². The molecular weight excluding hydrogens is 367 g/mol. The van der Waals surface area contributed by atoms with Crippen LogP contribution in [-0.2, 0) is 11.2 Å². The summed E-state index contributed by atoms with van der Waals surface area (Å²) >= 11 is 1.59. The number of anilines is 1. The van der Waals surface area contributed by atoms with Crippen LogP contribution < -0.4 is 5.32 Å². The van der Waals surface area contributed by atoms with Crippen LogP contribution in [0.2, 0.25) is 0 Å². The smallest absolute Gasteiger partial charge is 0.227 e. The summed E-state index contributed by atoms with van der Waals surface area (Å²) < 4.78 is 19.2. The first-order valence-electron chi connectivity index (χ1n) is 8.32. The molecule has 27 heavy (non-hydrogen) atoms. The first-order chi connectivity index (χ1) is 13.1. The second-order valence-corrected chi connectivity index (χ2v) is 7.22. The van der Waals surface area contributed by atoms with Crippen LogP contribution >= 0.6 is 11.3 Å². The largest absolute Gasteiger partial charge is 0.339 e. The van der Waals surface area contributed by atoms with Gasteiger partial charge in [0.15, 0.2) is 0 Å². The Labute approximate surface area is 158 Å². The third-order valence-corrected chi connectivity index (χ3v) is 4.85. The molecule has 0 atom stereocenters. The number of hydrogen-bond donors (Lipinski definition) is 1. The highest BCUT2D eigenvalue weighted by Crippen LogP contribution is 2.25. The van der Waals surface area contributed by atoms with E-state index in [9.17, 15) is 9.18 Å². The molecule has 8 heteroatoms. The van der Waals surface area contributed by atoms with Crippen molar-refractivity contribution in [3.05, 3.63) is 59.2 Å². The van der Waals surface area contributed by atoms with E-state index in [4.69, 9.17) is 4.52 Å². The van der Waals surface area contributed by atoms with Gasteiger partial charge in [-0.25, -0.2) is 9.37 Å². The molecule has 0 aliphatic carbocycles. The highest BCUT2D eigenvalue weighted by Gasteiger charge is 2.11. The van der Waals surface area contributed by atoms with Gasteiger partial charge in [0.05, 0.1) is 15.2 Å². The molecule has 4 aromatic rings. The highest BCUT2D eigenvalue weighted by atomic mass is 32.1. The predicted octanol–water partition coefficient (Wildman–Crippen LogP) is 4.37. The number of hydrogen-bond acceptors (Lipinski definition) is 6. The normalized spacial score (nSPS) is 11.0. The summed E-state index contributed by atoms with van der Waals surface area (Å²) in [5.41, 5.74) is 2.31. The van der Waals surface area contributed by atoms with Crippen molar-refractivity contribution in [3.8, 4) is 11.4 Å². The van der Waals surface area contributed by atoms with Gasteiger partial charge < -0.3 is 9.84 Å². The molecule has 136 valence electrons. The molecule has 2 aromatic carbocycles. The topological polar surface area (TPSA) is 80.9 Å². The van der Waals surface area contributed by atoms with Crippen LogP contribution in [0, 0.1) is 12.7 Å². The lowest BCUT2D eigenvalue weighted by atomic mass is 10.2. The molecule has 1 amide bonds. The Hall–Kier alpha value is -3.13. The summed E-state index contributed by atoms with van der Waals surface area (Å²) in [6, 6.07) is 11.5. The summed E-state index contributed by atoms with van der Waals surface area (Å²) in [5.74, 6) is 0.261. The summed E-state index contributed by atoms with van der Waals surface area (Å²) in [4.78, 5) is 20.8. The average Bonchev–Trinajstić information content (AvgIpc) is 3.26. The van der Waals surface area contributed by atoms with Crippen LogP contribution in [0.1, 0.15) is 17.3 Å². The first kappa shape index (κ1) is 17.3. The number of fused-ring (bicyclic) bond motifs is 1. The summed E-state index contributed by atoms with van der Waals surface area (Å²) in [6.45, 7) is 1.95. The molecule has 0 aliphatic heterocycles. The lowest BCUT2D eigenvalue weighted by molar-refractivity contribution is -0.116. The molecule has 2 heterocycles. The number of amides is 1. The van der Waals surface area contributed by atoms with Gasteiger partial charge >= 0.3 is 0 Å². The lowest BCUT2D eigenvalue weighted by Crippen LogP contribution is -2.12. The van der Waals surface area contributed by atoms with E-state index in [2.05, 4.69) is 20.4 Å². The molecule has 0 unspecified atom stereocenters. The Kier molecular flexibility index (Phi) is 4.64. The fraction of sp³-hybridized carbons (Fsp3) is 0.158. The van der Waals surface area contributed by atoms with Crippen molar-refractivity contribution in [2.45, 2.75) is 19.8 Å². The predicted molar refractivity (Wildman–Crippen MR) is 101 cm³/mol. The van der Waals surface area contributed by atoms with Gasteiger partial charge in [-0.2, -0.15) is 4.98 Å². The molecule has 4 rings (SSSR count). The third kappa shape index (κ3) is 4.01. The number of carbonyl (C=O) groups is 1. The van der Waals surface area contributed by atoms with Gasteiger partial charge in [0, 0.05) is 24.1 Å². The number of aromatic nitrogens is 3. The second-order valence-electron chi connectivity index (χ2n) is 5.98. The Morgan fingerprint density at radius 3 is 2.81 bits per heavy atom. The van der Waals surface area contributed by atoms with Crippen LogP contribution in [0.3, 0.4) is 0 Å². The van der Waals surface area contributed by atoms with Crippen molar-refractivity contribution in [3.63, 3.8) is 0 Å². The minimum absolute atomic E-state index is 0.142. The molecule has 0 aliphatic rings. The molecule has 0 saturated carbocycles. The van der Waals surface area contributed by atoms with E-state index in [1.54, 1.807) is 23.5 Å². The zero-order valence-electron chi connectivity index (χ0n) is 14.4. The number of nitrogens with zero attached hydrogens (tertiary/aromatic N) is 3. The molecule has 0 radical (unpaired) electrons. The van der Waals surface area contributed by atoms with Crippen molar-refractivity contribution in [1.82, 2.24) is 15.1 Å². The minimum Gasteiger partial charge on any atom is -0.339 e. The molecule has 0 saturated heterocycles. The Balaban J connectivity index is 1.36. The van der Waals surface area contributed by atoms with Crippen LogP contribution in [0.5, 0.6) is 0 Å². The van der Waals surface area contributed by atoms with E-state index >= 15 is 0 Å². The van der Waals surface area contributed by atoms with Crippen molar-refractivity contribution >= 4 is 33.1 Å². The summed E-state index contributed by atoms with van der Waals surface area (Å²) in [5, 5.41) is 7.72. The molecule has 0 bridgehead atoms. The van der Waals surface area contributed by atoms with Gasteiger partial charge in [-0.05, 0) is 49.4 Å². The molecule has 0 spiro atoms. The number of nitrogens with one attached hydrogen (secondary N) is 1. The number of thiazole rings is 1. The second kappa shape index (κ2) is 7.24. The quantitative estimate of drug-likeness (QED) is 0.554. The zero-order valence-corrected chi connectivity index (χ0v) is 15.2. The van der Waals surface area contributed by atoms with Crippen molar-refractivity contribution in [2.75, 3.05) is 5.32 Å². The van der Waals surface area contributed by atoms with E-state index < -0.39 is 0 Å². The number of aryl methyl sites for hydroxylation is 2. The van der Waals surface area contributed by atoms with Crippen molar-refractivity contribution < 1.29 is 13.7 Å². The van der Waals surface area contributed by atoms with Gasteiger partial charge in [-0.1, -0.05) is 5.16 Å². The van der Waals surface area contributed by atoms with Gasteiger partial charge in [0.25, 0.3) is 0 Å². The maximum Gasteiger partial charge on any atom is 0.227 e. The van der Waals surface area contributed by atoms with Crippen LogP contribution in [-0.4, -0.2) is 21.0 Å². The van der Waals surface area contributed by atoms with Crippen LogP contribution in [0.15, 0.2) is 47.0 Å². The summed E-state index contributed by atoms with van der Waals surface area (Å²) in [7, 11) is 0. The van der Waals surface area contributed by atoms with Crippen LogP contribution in [0.25, 0.3) is 21.6 Å². The monoisotopic (exact) mass is 382 g/mol. The Morgan fingerprint density at radius 1 is 1.19 bits per heavy atom. The third-order valence-electron chi connectivity index (χ3n) is 3.92. The zero-order chi connectivity index (χ0) is 18.8.